The third kappa shape index (κ3) is 4.07. The number of thiophene rings is 2. The van der Waals surface area contributed by atoms with E-state index in [1.165, 1.54) is 9.75 Å². The minimum Gasteiger partial charge on any atom is -0.388 e. The monoisotopic (exact) mass is 397 g/mol. The summed E-state index contributed by atoms with van der Waals surface area (Å²) in [5.74, 6) is -0.747. The van der Waals surface area contributed by atoms with E-state index in [1.807, 2.05) is 41.8 Å². The zero-order valence-electron chi connectivity index (χ0n) is 14.1. The number of hydrogen-bond donors (Lipinski definition) is 1. The van der Waals surface area contributed by atoms with Crippen molar-refractivity contribution in [3.05, 3.63) is 75.4 Å². The molecule has 8 heteroatoms. The molecule has 0 unspecified atom stereocenters. The fourth-order valence-corrected chi connectivity index (χ4v) is 4.29. The number of benzene rings is 1. The van der Waals surface area contributed by atoms with Crippen molar-refractivity contribution in [1.82, 2.24) is 15.1 Å². The largest absolute Gasteiger partial charge is 0.437 e. The lowest BCUT2D eigenvalue weighted by Gasteiger charge is -2.02. The van der Waals surface area contributed by atoms with Crippen molar-refractivity contribution >= 4 is 28.6 Å². The lowest BCUT2D eigenvalue weighted by atomic mass is 10.2. The van der Waals surface area contributed by atoms with Crippen molar-refractivity contribution in [2.45, 2.75) is 13.1 Å². The summed E-state index contributed by atoms with van der Waals surface area (Å²) in [6.07, 6.45) is 0. The van der Waals surface area contributed by atoms with Gasteiger partial charge in [-0.05, 0) is 35.7 Å². The molecule has 0 bridgehead atoms. The molecule has 0 saturated heterocycles. The summed E-state index contributed by atoms with van der Waals surface area (Å²) >= 11 is 3.32. The number of nitrogens with zero attached hydrogens (tertiary/aromatic N) is 2. The fourth-order valence-electron chi connectivity index (χ4n) is 2.51. The number of rotatable bonds is 6. The summed E-state index contributed by atoms with van der Waals surface area (Å²) < 4.78 is 6.16. The summed E-state index contributed by atoms with van der Waals surface area (Å²) in [5.41, 5.74) is 0.688. The Bertz CT molecular complexity index is 1090. The van der Waals surface area contributed by atoms with Gasteiger partial charge >= 0.3 is 5.76 Å². The highest BCUT2D eigenvalue weighted by Crippen LogP contribution is 2.31. The number of hydrogen-bond acceptors (Lipinski definition) is 6. The van der Waals surface area contributed by atoms with E-state index in [9.17, 15) is 9.59 Å². The van der Waals surface area contributed by atoms with Gasteiger partial charge in [-0.15, -0.1) is 27.8 Å². The predicted octanol–water partition coefficient (Wildman–Crippen LogP) is 3.61. The van der Waals surface area contributed by atoms with E-state index in [0.29, 0.717) is 12.1 Å². The summed E-state index contributed by atoms with van der Waals surface area (Å²) in [7, 11) is 0. The van der Waals surface area contributed by atoms with Gasteiger partial charge in [0.2, 0.25) is 11.8 Å². The molecule has 1 amide bonds. The first-order valence-corrected chi connectivity index (χ1v) is 9.91. The zero-order valence-corrected chi connectivity index (χ0v) is 15.8. The standard InChI is InChI=1S/C19H15N3O3S2/c23-17(20-11-14-8-9-16(27-14)15-7-4-10-26-15)12-22-19(24)25-18(21-22)13-5-2-1-3-6-13/h1-10H,11-12H2,(H,20,23). The van der Waals surface area contributed by atoms with E-state index in [4.69, 9.17) is 4.42 Å². The van der Waals surface area contributed by atoms with Crippen LogP contribution in [0.2, 0.25) is 0 Å². The predicted molar refractivity (Wildman–Crippen MR) is 106 cm³/mol. The Kier molecular flexibility index (Phi) is 4.99. The molecule has 0 fully saturated rings. The van der Waals surface area contributed by atoms with Crippen LogP contribution in [-0.2, 0) is 17.9 Å². The van der Waals surface area contributed by atoms with Crippen molar-refractivity contribution in [2.24, 2.45) is 0 Å². The van der Waals surface area contributed by atoms with Gasteiger partial charge in [-0.25, -0.2) is 4.79 Å². The Labute approximate surface area is 162 Å². The van der Waals surface area contributed by atoms with Gasteiger partial charge in [0.1, 0.15) is 6.54 Å². The summed E-state index contributed by atoms with van der Waals surface area (Å²) in [6.45, 7) is 0.228. The van der Waals surface area contributed by atoms with Crippen molar-refractivity contribution in [3.8, 4) is 21.2 Å². The maximum Gasteiger partial charge on any atom is 0.437 e. The van der Waals surface area contributed by atoms with Crippen molar-refractivity contribution < 1.29 is 9.21 Å². The normalized spacial score (nSPS) is 10.8. The third-order valence-corrected chi connectivity index (χ3v) is 5.96. The van der Waals surface area contributed by atoms with Crippen LogP contribution in [0, 0.1) is 0 Å². The maximum absolute atomic E-state index is 12.2. The first kappa shape index (κ1) is 17.4. The Morgan fingerprint density at radius 1 is 1.07 bits per heavy atom. The van der Waals surface area contributed by atoms with Gasteiger partial charge in [0.25, 0.3) is 0 Å². The second-order valence-corrected chi connectivity index (χ2v) is 7.83. The second kappa shape index (κ2) is 7.73. The van der Waals surface area contributed by atoms with Crippen LogP contribution < -0.4 is 11.1 Å². The van der Waals surface area contributed by atoms with E-state index in [2.05, 4.69) is 16.5 Å². The minimum atomic E-state index is -0.653. The van der Waals surface area contributed by atoms with Crippen LogP contribution in [0.4, 0.5) is 0 Å². The third-order valence-electron chi connectivity index (χ3n) is 3.81. The molecule has 0 aliphatic heterocycles. The molecule has 4 rings (SSSR count). The van der Waals surface area contributed by atoms with Crippen LogP contribution >= 0.6 is 22.7 Å². The Balaban J connectivity index is 1.37. The molecule has 3 heterocycles. The first-order chi connectivity index (χ1) is 13.2. The van der Waals surface area contributed by atoms with E-state index in [1.54, 1.807) is 34.8 Å². The zero-order chi connectivity index (χ0) is 18.6. The van der Waals surface area contributed by atoms with E-state index in [-0.39, 0.29) is 18.3 Å². The molecule has 1 N–H and O–H groups in total. The van der Waals surface area contributed by atoms with Gasteiger partial charge < -0.3 is 9.73 Å². The molecule has 6 nitrogen and oxygen atoms in total. The molecule has 4 aromatic rings. The molecule has 136 valence electrons. The summed E-state index contributed by atoms with van der Waals surface area (Å²) in [5, 5.41) is 8.95. The molecule has 0 atom stereocenters. The van der Waals surface area contributed by atoms with Crippen LogP contribution in [0.1, 0.15) is 4.88 Å². The molecular formula is C19H15N3O3S2. The Morgan fingerprint density at radius 2 is 1.93 bits per heavy atom. The number of nitrogens with one attached hydrogen (secondary N) is 1. The van der Waals surface area contributed by atoms with Gasteiger partial charge in [0, 0.05) is 20.2 Å². The average Bonchev–Trinajstić information content (AvgIpc) is 3.42. The lowest BCUT2D eigenvalue weighted by Crippen LogP contribution is -2.30. The van der Waals surface area contributed by atoms with E-state index < -0.39 is 5.76 Å². The van der Waals surface area contributed by atoms with Gasteiger partial charge in [-0.2, -0.15) is 4.68 Å². The molecule has 0 aliphatic rings. The average molecular weight is 397 g/mol. The molecule has 0 spiro atoms. The van der Waals surface area contributed by atoms with Crippen molar-refractivity contribution in [1.29, 1.82) is 0 Å². The minimum absolute atomic E-state index is 0.182. The number of aromatic nitrogens is 2. The number of carbonyl (C=O) groups excluding carboxylic acids is 1. The van der Waals surface area contributed by atoms with Crippen LogP contribution in [0.25, 0.3) is 21.2 Å². The highest BCUT2D eigenvalue weighted by molar-refractivity contribution is 7.21. The van der Waals surface area contributed by atoms with E-state index in [0.717, 1.165) is 9.56 Å². The van der Waals surface area contributed by atoms with Gasteiger partial charge in [0.15, 0.2) is 0 Å². The highest BCUT2D eigenvalue weighted by atomic mass is 32.1. The topological polar surface area (TPSA) is 77.1 Å². The van der Waals surface area contributed by atoms with Crippen molar-refractivity contribution in [2.75, 3.05) is 0 Å². The fraction of sp³-hybridized carbons (Fsp3) is 0.105. The molecular weight excluding hydrogens is 382 g/mol. The van der Waals surface area contributed by atoms with Crippen LogP contribution in [0.15, 0.2) is 69.2 Å². The van der Waals surface area contributed by atoms with Crippen LogP contribution in [0.3, 0.4) is 0 Å². The maximum atomic E-state index is 12.2. The molecule has 0 radical (unpaired) electrons. The van der Waals surface area contributed by atoms with Gasteiger partial charge in [0.05, 0.1) is 6.54 Å². The summed E-state index contributed by atoms with van der Waals surface area (Å²) in [6, 6.07) is 17.2. The van der Waals surface area contributed by atoms with E-state index >= 15 is 0 Å². The lowest BCUT2D eigenvalue weighted by molar-refractivity contribution is -0.122. The number of carbonyl (C=O) groups is 1. The van der Waals surface area contributed by atoms with Gasteiger partial charge in [-0.3, -0.25) is 4.79 Å². The van der Waals surface area contributed by atoms with Crippen LogP contribution in [0.5, 0.6) is 0 Å². The molecule has 0 aliphatic carbocycles. The number of amides is 1. The molecule has 0 saturated carbocycles. The molecule has 3 aromatic heterocycles. The molecule has 1 aromatic carbocycles. The SMILES string of the molecule is O=C(Cn1nc(-c2ccccc2)oc1=O)NCc1ccc(-c2cccs2)s1. The van der Waals surface area contributed by atoms with Crippen LogP contribution in [-0.4, -0.2) is 15.7 Å². The first-order valence-electron chi connectivity index (χ1n) is 8.22. The Hall–Kier alpha value is -2.97. The van der Waals surface area contributed by atoms with Crippen molar-refractivity contribution in [3.63, 3.8) is 0 Å². The van der Waals surface area contributed by atoms with Gasteiger partial charge in [-0.1, -0.05) is 24.3 Å². The smallest absolute Gasteiger partial charge is 0.388 e. The summed E-state index contributed by atoms with van der Waals surface area (Å²) in [4.78, 5) is 27.5. The second-order valence-electron chi connectivity index (χ2n) is 5.72. The quantitative estimate of drug-likeness (QED) is 0.539. The Morgan fingerprint density at radius 3 is 2.70 bits per heavy atom. The molecule has 27 heavy (non-hydrogen) atoms. The highest BCUT2D eigenvalue weighted by Gasteiger charge is 2.13.